The van der Waals surface area contributed by atoms with Crippen LogP contribution in [0.15, 0.2) is 46.6 Å². The van der Waals surface area contributed by atoms with Gasteiger partial charge in [-0.05, 0) is 49.2 Å². The molecule has 0 saturated heterocycles. The summed E-state index contributed by atoms with van der Waals surface area (Å²) in [5.74, 6) is 0.347. The van der Waals surface area contributed by atoms with Crippen molar-refractivity contribution in [1.29, 1.82) is 0 Å². The normalized spacial score (nSPS) is 12.4. The Morgan fingerprint density at radius 2 is 1.91 bits per heavy atom. The van der Waals surface area contributed by atoms with Gasteiger partial charge in [0.1, 0.15) is 5.56 Å². The molecule has 0 unspecified atom stereocenters. The molecule has 0 fully saturated rings. The van der Waals surface area contributed by atoms with Crippen molar-refractivity contribution in [3.05, 3.63) is 52.5 Å². The van der Waals surface area contributed by atoms with Crippen LogP contribution in [0.4, 0.5) is 11.4 Å². The molecule has 1 aliphatic rings. The van der Waals surface area contributed by atoms with Crippen LogP contribution in [0.3, 0.4) is 0 Å². The van der Waals surface area contributed by atoms with E-state index < -0.39 is 5.97 Å². The predicted molar refractivity (Wildman–Crippen MR) is 120 cm³/mol. The number of benzene rings is 2. The van der Waals surface area contributed by atoms with E-state index in [0.717, 1.165) is 11.1 Å². The van der Waals surface area contributed by atoms with Gasteiger partial charge in [-0.25, -0.2) is 4.79 Å². The topological polar surface area (TPSA) is 94.6 Å². The summed E-state index contributed by atoms with van der Waals surface area (Å²) < 4.78 is 17.8. The number of azo groups is 1. The maximum absolute atomic E-state index is 13.0. The predicted octanol–water partition coefficient (Wildman–Crippen LogP) is 5.68. The van der Waals surface area contributed by atoms with Crippen LogP contribution >= 0.6 is 11.6 Å². The largest absolute Gasteiger partial charge is 0.493 e. The van der Waals surface area contributed by atoms with E-state index in [9.17, 15) is 9.90 Å². The van der Waals surface area contributed by atoms with Crippen molar-refractivity contribution < 1.29 is 24.1 Å². The first-order chi connectivity index (χ1) is 15.5. The standard InChI is InChI=1S/C23H22ClN3O5/c1-4-32-23(29)19-20(26-25-15-7-5-6-14(24)11-15)22(28)27-9-8-13-10-17(30-2)18(31-3)12-16(13)21(19)27/h5-7,10-12,28H,4,8-9H2,1-3H3. The Labute approximate surface area is 190 Å². The number of esters is 1. The minimum Gasteiger partial charge on any atom is -0.493 e. The van der Waals surface area contributed by atoms with Crippen molar-refractivity contribution in [2.24, 2.45) is 10.2 Å². The van der Waals surface area contributed by atoms with Crippen LogP contribution in [0.5, 0.6) is 17.4 Å². The number of aromatic hydroxyl groups is 1. The average Bonchev–Trinajstić information content (AvgIpc) is 3.08. The van der Waals surface area contributed by atoms with Gasteiger partial charge in [0, 0.05) is 17.1 Å². The quantitative estimate of drug-likeness (QED) is 0.381. The van der Waals surface area contributed by atoms with Gasteiger partial charge in [-0.1, -0.05) is 17.7 Å². The number of carbonyl (C=O) groups is 1. The molecule has 0 atom stereocenters. The second kappa shape index (κ2) is 8.92. The molecule has 1 aromatic heterocycles. The highest BCUT2D eigenvalue weighted by Crippen LogP contribution is 2.48. The highest BCUT2D eigenvalue weighted by atomic mass is 35.5. The fourth-order valence-corrected chi connectivity index (χ4v) is 3.99. The summed E-state index contributed by atoms with van der Waals surface area (Å²) in [6, 6.07) is 10.5. The molecule has 0 amide bonds. The van der Waals surface area contributed by atoms with Crippen LogP contribution < -0.4 is 9.47 Å². The third kappa shape index (κ3) is 3.78. The first-order valence-corrected chi connectivity index (χ1v) is 10.4. The third-order valence-electron chi connectivity index (χ3n) is 5.23. The van der Waals surface area contributed by atoms with E-state index in [0.29, 0.717) is 40.9 Å². The summed E-state index contributed by atoms with van der Waals surface area (Å²) in [6.07, 6.45) is 0.623. The lowest BCUT2D eigenvalue weighted by Crippen LogP contribution is -2.14. The summed E-state index contributed by atoms with van der Waals surface area (Å²) in [5.41, 5.74) is 2.86. The van der Waals surface area contributed by atoms with Crippen LogP contribution in [0.25, 0.3) is 11.3 Å². The molecule has 0 spiro atoms. The van der Waals surface area contributed by atoms with Gasteiger partial charge in [-0.15, -0.1) is 5.11 Å². The number of hydrogen-bond acceptors (Lipinski definition) is 7. The molecule has 4 rings (SSSR count). The molecule has 1 N–H and O–H groups in total. The molecule has 0 saturated carbocycles. The second-order valence-electron chi connectivity index (χ2n) is 7.06. The van der Waals surface area contributed by atoms with Crippen molar-refractivity contribution in [3.63, 3.8) is 0 Å². The van der Waals surface area contributed by atoms with Crippen LogP contribution in [-0.2, 0) is 17.7 Å². The van der Waals surface area contributed by atoms with E-state index in [1.165, 1.54) is 0 Å². The Kier molecular flexibility index (Phi) is 6.05. The Morgan fingerprint density at radius 3 is 2.59 bits per heavy atom. The van der Waals surface area contributed by atoms with Gasteiger partial charge < -0.3 is 23.9 Å². The smallest absolute Gasteiger partial charge is 0.342 e. The van der Waals surface area contributed by atoms with Gasteiger partial charge in [0.05, 0.1) is 32.2 Å². The van der Waals surface area contributed by atoms with Crippen LogP contribution in [0.2, 0.25) is 5.02 Å². The third-order valence-corrected chi connectivity index (χ3v) is 5.47. The molecule has 1 aliphatic heterocycles. The molecule has 3 aromatic rings. The lowest BCUT2D eigenvalue weighted by atomic mass is 9.95. The number of aromatic nitrogens is 1. The number of ether oxygens (including phenoxy) is 3. The zero-order valence-electron chi connectivity index (χ0n) is 17.9. The molecule has 2 heterocycles. The molecule has 9 heteroatoms. The highest BCUT2D eigenvalue weighted by molar-refractivity contribution is 6.30. The molecule has 0 radical (unpaired) electrons. The molecule has 0 aliphatic carbocycles. The van der Waals surface area contributed by atoms with Crippen molar-refractivity contribution in [3.8, 4) is 28.6 Å². The first kappa shape index (κ1) is 21.7. The van der Waals surface area contributed by atoms with Crippen molar-refractivity contribution >= 4 is 28.9 Å². The zero-order valence-corrected chi connectivity index (χ0v) is 18.6. The highest BCUT2D eigenvalue weighted by Gasteiger charge is 2.33. The fraction of sp³-hybridized carbons (Fsp3) is 0.261. The molecular weight excluding hydrogens is 434 g/mol. The summed E-state index contributed by atoms with van der Waals surface area (Å²) in [5, 5.41) is 19.9. The SMILES string of the molecule is CCOC(=O)c1c(N=Nc2cccc(Cl)c2)c(O)n2c1-c1cc(OC)c(OC)cc1CC2. The minimum absolute atomic E-state index is 0.0426. The zero-order chi connectivity index (χ0) is 22.8. The number of carbonyl (C=O) groups excluding carboxylic acids is 1. The van der Waals surface area contributed by atoms with E-state index in [1.54, 1.807) is 56.0 Å². The van der Waals surface area contributed by atoms with Gasteiger partial charge in [-0.3, -0.25) is 0 Å². The minimum atomic E-state index is -0.598. The number of nitrogens with zero attached hydrogens (tertiary/aromatic N) is 3. The van der Waals surface area contributed by atoms with Crippen molar-refractivity contribution in [1.82, 2.24) is 4.57 Å². The number of aryl methyl sites for hydroxylation is 1. The summed E-state index contributed by atoms with van der Waals surface area (Å²) >= 11 is 6.02. The molecule has 32 heavy (non-hydrogen) atoms. The van der Waals surface area contributed by atoms with Crippen LogP contribution in [0, 0.1) is 0 Å². The van der Waals surface area contributed by atoms with E-state index in [-0.39, 0.29) is 23.7 Å². The van der Waals surface area contributed by atoms with Gasteiger partial charge >= 0.3 is 5.97 Å². The van der Waals surface area contributed by atoms with Crippen molar-refractivity contribution in [2.75, 3.05) is 20.8 Å². The number of methoxy groups -OCH3 is 2. The summed E-state index contributed by atoms with van der Waals surface area (Å²) in [4.78, 5) is 13.0. The maximum Gasteiger partial charge on any atom is 0.342 e. The lowest BCUT2D eigenvalue weighted by molar-refractivity contribution is 0.0528. The lowest BCUT2D eigenvalue weighted by Gasteiger charge is -2.22. The number of hydrogen-bond donors (Lipinski definition) is 1. The summed E-state index contributed by atoms with van der Waals surface area (Å²) in [6.45, 7) is 2.34. The van der Waals surface area contributed by atoms with E-state index in [2.05, 4.69) is 10.2 Å². The maximum atomic E-state index is 13.0. The van der Waals surface area contributed by atoms with Crippen LogP contribution in [0.1, 0.15) is 22.8 Å². The molecule has 2 aromatic carbocycles. The van der Waals surface area contributed by atoms with E-state index in [1.807, 2.05) is 6.07 Å². The Bertz CT molecular complexity index is 1220. The summed E-state index contributed by atoms with van der Waals surface area (Å²) in [7, 11) is 3.11. The number of fused-ring (bicyclic) bond motifs is 3. The van der Waals surface area contributed by atoms with Gasteiger partial charge in [0.25, 0.3) is 0 Å². The van der Waals surface area contributed by atoms with E-state index >= 15 is 0 Å². The van der Waals surface area contributed by atoms with Gasteiger partial charge in [0.2, 0.25) is 5.88 Å². The number of rotatable bonds is 6. The Balaban J connectivity index is 1.93. The molecule has 166 valence electrons. The first-order valence-electron chi connectivity index (χ1n) is 10.0. The molecule has 0 bridgehead atoms. The second-order valence-corrected chi connectivity index (χ2v) is 7.50. The van der Waals surface area contributed by atoms with Crippen molar-refractivity contribution in [2.45, 2.75) is 19.9 Å². The fourth-order valence-electron chi connectivity index (χ4n) is 3.81. The molecular formula is C23H22ClN3O5. The average molecular weight is 456 g/mol. The van der Waals surface area contributed by atoms with Crippen LogP contribution in [-0.4, -0.2) is 36.5 Å². The van der Waals surface area contributed by atoms with Gasteiger partial charge in [0.15, 0.2) is 17.2 Å². The van der Waals surface area contributed by atoms with Gasteiger partial charge in [-0.2, -0.15) is 5.11 Å². The molecule has 8 nitrogen and oxygen atoms in total. The number of halogens is 1. The Hall–Kier alpha value is -3.52. The Morgan fingerprint density at radius 1 is 1.16 bits per heavy atom. The van der Waals surface area contributed by atoms with E-state index in [4.69, 9.17) is 25.8 Å². The monoisotopic (exact) mass is 455 g/mol.